The van der Waals surface area contributed by atoms with Crippen LogP contribution in [0.15, 0.2) is 29.4 Å². The van der Waals surface area contributed by atoms with E-state index < -0.39 is 0 Å². The summed E-state index contributed by atoms with van der Waals surface area (Å²) in [6.45, 7) is 6.54. The Balaban J connectivity index is 2.96. The lowest BCUT2D eigenvalue weighted by Gasteiger charge is -2.19. The molecule has 94 valence electrons. The van der Waals surface area contributed by atoms with Gasteiger partial charge in [-0.15, -0.1) is 0 Å². The minimum atomic E-state index is 0.145. The van der Waals surface area contributed by atoms with Gasteiger partial charge in [0.15, 0.2) is 5.84 Å². The monoisotopic (exact) mass is 236 g/mol. The summed E-state index contributed by atoms with van der Waals surface area (Å²) >= 11 is 0. The molecule has 0 spiro atoms. The maximum Gasteiger partial charge on any atom is 0.196 e. The molecule has 0 bridgehead atoms. The molecule has 4 nitrogen and oxygen atoms in total. The van der Waals surface area contributed by atoms with E-state index in [4.69, 9.17) is 9.68 Å². The Labute approximate surface area is 103 Å². The fourth-order valence-electron chi connectivity index (χ4n) is 1.45. The second-order valence-corrected chi connectivity index (χ2v) is 4.76. The summed E-state index contributed by atoms with van der Waals surface area (Å²) in [5.41, 5.74) is 5.02. The minimum absolute atomic E-state index is 0.145. The highest BCUT2D eigenvalue weighted by atomic mass is 16.7. The lowest BCUT2D eigenvalue weighted by atomic mass is 9.87. The van der Waals surface area contributed by atoms with Crippen LogP contribution in [0.4, 0.5) is 0 Å². The van der Waals surface area contributed by atoms with E-state index in [2.05, 4.69) is 43.5 Å². The predicted molar refractivity (Wildman–Crippen MR) is 68.8 cm³/mol. The van der Waals surface area contributed by atoms with Gasteiger partial charge in [-0.3, -0.25) is 4.84 Å². The normalized spacial score (nSPS) is 12.4. The number of oxime groups is 1. The smallest absolute Gasteiger partial charge is 0.196 e. The average molecular weight is 236 g/mol. The van der Waals surface area contributed by atoms with Crippen LogP contribution in [-0.4, -0.2) is 20.1 Å². The molecule has 0 atom stereocenters. The molecule has 0 radical (unpaired) electrons. The van der Waals surface area contributed by atoms with E-state index in [1.165, 1.54) is 19.8 Å². The van der Waals surface area contributed by atoms with Crippen molar-refractivity contribution in [1.82, 2.24) is 5.48 Å². The van der Waals surface area contributed by atoms with Crippen LogP contribution in [0.2, 0.25) is 0 Å². The van der Waals surface area contributed by atoms with E-state index in [1.54, 1.807) is 0 Å². The van der Waals surface area contributed by atoms with Crippen LogP contribution in [0.1, 0.15) is 31.9 Å². The first-order valence-corrected chi connectivity index (χ1v) is 5.50. The van der Waals surface area contributed by atoms with Gasteiger partial charge in [0.05, 0.1) is 7.11 Å². The van der Waals surface area contributed by atoms with Crippen LogP contribution in [-0.2, 0) is 15.1 Å². The third kappa shape index (κ3) is 3.75. The molecule has 0 aromatic heterocycles. The molecule has 0 unspecified atom stereocenters. The van der Waals surface area contributed by atoms with Gasteiger partial charge in [-0.25, -0.2) is 5.48 Å². The van der Waals surface area contributed by atoms with Crippen LogP contribution >= 0.6 is 0 Å². The van der Waals surface area contributed by atoms with E-state index >= 15 is 0 Å². The van der Waals surface area contributed by atoms with Crippen LogP contribution in [0.5, 0.6) is 0 Å². The highest BCUT2D eigenvalue weighted by Crippen LogP contribution is 2.22. The lowest BCUT2D eigenvalue weighted by Crippen LogP contribution is -2.23. The van der Waals surface area contributed by atoms with Crippen molar-refractivity contribution in [3.63, 3.8) is 0 Å². The quantitative estimate of drug-likeness (QED) is 0.498. The van der Waals surface area contributed by atoms with Gasteiger partial charge in [-0.2, -0.15) is 0 Å². The Morgan fingerprint density at radius 1 is 1.12 bits per heavy atom. The zero-order chi connectivity index (χ0) is 12.9. The van der Waals surface area contributed by atoms with Crippen molar-refractivity contribution < 1.29 is 9.68 Å². The number of benzene rings is 1. The molecule has 1 aromatic carbocycles. The summed E-state index contributed by atoms with van der Waals surface area (Å²) in [4.78, 5) is 9.60. The third-order valence-electron chi connectivity index (χ3n) is 2.41. The van der Waals surface area contributed by atoms with Crippen molar-refractivity contribution in [3.05, 3.63) is 35.4 Å². The zero-order valence-electron chi connectivity index (χ0n) is 11.1. The van der Waals surface area contributed by atoms with Crippen molar-refractivity contribution in [1.29, 1.82) is 0 Å². The van der Waals surface area contributed by atoms with Gasteiger partial charge in [-0.1, -0.05) is 50.2 Å². The lowest BCUT2D eigenvalue weighted by molar-refractivity contribution is 0.135. The maximum atomic E-state index is 4.85. The first-order valence-electron chi connectivity index (χ1n) is 5.50. The van der Waals surface area contributed by atoms with E-state index in [9.17, 15) is 0 Å². The maximum absolute atomic E-state index is 4.85. The van der Waals surface area contributed by atoms with Gasteiger partial charge in [0.25, 0.3) is 0 Å². The molecule has 1 rings (SSSR count). The second kappa shape index (κ2) is 5.68. The molecule has 0 aliphatic carbocycles. The fourth-order valence-corrected chi connectivity index (χ4v) is 1.45. The minimum Gasteiger partial charge on any atom is -0.397 e. The summed E-state index contributed by atoms with van der Waals surface area (Å²) in [5.74, 6) is 0.551. The molecule has 0 aliphatic rings. The Bertz CT molecular complexity index is 377. The van der Waals surface area contributed by atoms with Gasteiger partial charge in [0, 0.05) is 5.56 Å². The predicted octanol–water partition coefficient (Wildman–Crippen LogP) is 2.44. The fraction of sp³-hybridized carbons (Fsp3) is 0.462. The molecule has 0 fully saturated rings. The number of amidine groups is 1. The molecule has 17 heavy (non-hydrogen) atoms. The second-order valence-electron chi connectivity index (χ2n) is 4.76. The number of hydrogen-bond acceptors (Lipinski definition) is 3. The van der Waals surface area contributed by atoms with Gasteiger partial charge in [0.1, 0.15) is 7.11 Å². The molecular formula is C13H20N2O2. The topological polar surface area (TPSA) is 42.8 Å². The van der Waals surface area contributed by atoms with Gasteiger partial charge >= 0.3 is 0 Å². The van der Waals surface area contributed by atoms with Gasteiger partial charge in [-0.05, 0) is 11.0 Å². The molecule has 1 aromatic rings. The molecule has 0 saturated carbocycles. The summed E-state index contributed by atoms with van der Waals surface area (Å²) in [6, 6.07) is 8.14. The number of rotatable bonds is 3. The SMILES string of the molecule is CO/N=C(\NOC)c1ccc(C(C)(C)C)cc1. The standard InChI is InChI=1S/C13H20N2O2/c1-13(2,3)11-8-6-10(7-9-11)12(14-16-4)15-17-5/h6-9H,1-5H3,(H,14,15). The first-order chi connectivity index (χ1) is 7.99. The number of nitrogens with one attached hydrogen (secondary N) is 1. The van der Waals surface area contributed by atoms with Crippen molar-refractivity contribution in [3.8, 4) is 0 Å². The van der Waals surface area contributed by atoms with Crippen molar-refractivity contribution >= 4 is 5.84 Å². The van der Waals surface area contributed by atoms with Gasteiger partial charge < -0.3 is 4.84 Å². The molecule has 0 saturated heterocycles. The summed E-state index contributed by atoms with van der Waals surface area (Å²) in [6.07, 6.45) is 0. The molecule has 0 amide bonds. The Kier molecular flexibility index (Phi) is 4.52. The average Bonchev–Trinajstić information content (AvgIpc) is 2.28. The Morgan fingerprint density at radius 3 is 2.12 bits per heavy atom. The number of nitrogens with zero attached hydrogens (tertiary/aromatic N) is 1. The molecular weight excluding hydrogens is 216 g/mol. The molecule has 0 aliphatic heterocycles. The van der Waals surface area contributed by atoms with Crippen LogP contribution in [0.25, 0.3) is 0 Å². The Morgan fingerprint density at radius 2 is 1.71 bits per heavy atom. The van der Waals surface area contributed by atoms with Crippen LogP contribution in [0, 0.1) is 0 Å². The van der Waals surface area contributed by atoms with Crippen molar-refractivity contribution in [2.24, 2.45) is 5.16 Å². The van der Waals surface area contributed by atoms with E-state index in [-0.39, 0.29) is 5.41 Å². The summed E-state index contributed by atoms with van der Waals surface area (Å²) in [5, 5.41) is 3.86. The molecule has 4 heteroatoms. The molecule has 0 heterocycles. The zero-order valence-corrected chi connectivity index (χ0v) is 11.1. The summed E-state index contributed by atoms with van der Waals surface area (Å²) in [7, 11) is 3.04. The largest absolute Gasteiger partial charge is 0.397 e. The van der Waals surface area contributed by atoms with E-state index in [0.29, 0.717) is 5.84 Å². The summed E-state index contributed by atoms with van der Waals surface area (Å²) < 4.78 is 0. The number of hydrogen-bond donors (Lipinski definition) is 1. The Hall–Kier alpha value is -1.55. The van der Waals surface area contributed by atoms with Crippen LogP contribution in [0.3, 0.4) is 0 Å². The van der Waals surface area contributed by atoms with Crippen molar-refractivity contribution in [2.45, 2.75) is 26.2 Å². The highest BCUT2D eigenvalue weighted by molar-refractivity contribution is 5.97. The molecule has 1 N–H and O–H groups in total. The van der Waals surface area contributed by atoms with E-state index in [1.807, 2.05) is 12.1 Å². The highest BCUT2D eigenvalue weighted by Gasteiger charge is 2.13. The van der Waals surface area contributed by atoms with Crippen molar-refractivity contribution in [2.75, 3.05) is 14.2 Å². The van der Waals surface area contributed by atoms with Gasteiger partial charge in [0.2, 0.25) is 0 Å². The third-order valence-corrected chi connectivity index (χ3v) is 2.41. The van der Waals surface area contributed by atoms with Crippen LogP contribution < -0.4 is 5.48 Å². The van der Waals surface area contributed by atoms with E-state index in [0.717, 1.165) is 5.56 Å². The first kappa shape index (κ1) is 13.5. The number of hydroxylamine groups is 1.